The molecule has 0 N–H and O–H groups in total. The summed E-state index contributed by atoms with van der Waals surface area (Å²) in [5, 5.41) is 0.669. The highest BCUT2D eigenvalue weighted by atomic mass is 79.9. The highest BCUT2D eigenvalue weighted by Crippen LogP contribution is 2.24. The van der Waals surface area contributed by atoms with Crippen molar-refractivity contribution in [1.29, 1.82) is 0 Å². The zero-order valence-electron chi connectivity index (χ0n) is 7.97. The molecule has 0 radical (unpaired) electrons. The highest BCUT2D eigenvalue weighted by molar-refractivity contribution is 9.10. The number of carbonyl (C=O) groups is 1. The lowest BCUT2D eigenvalue weighted by molar-refractivity contribution is -0.113. The van der Waals surface area contributed by atoms with Crippen molar-refractivity contribution in [2.75, 3.05) is 0 Å². The first kappa shape index (κ1) is 11.5. The van der Waals surface area contributed by atoms with Gasteiger partial charge in [0.05, 0.1) is 5.02 Å². The molecule has 0 unspecified atom stereocenters. The van der Waals surface area contributed by atoms with E-state index in [1.165, 1.54) is 0 Å². The van der Waals surface area contributed by atoms with Crippen molar-refractivity contribution < 1.29 is 4.79 Å². The van der Waals surface area contributed by atoms with Gasteiger partial charge in [0, 0.05) is 4.47 Å². The van der Waals surface area contributed by atoms with Crippen LogP contribution >= 0.6 is 27.5 Å². The lowest BCUT2D eigenvalue weighted by atomic mass is 10.1. The van der Waals surface area contributed by atoms with Gasteiger partial charge in [0.2, 0.25) is 0 Å². The van der Waals surface area contributed by atoms with Crippen LogP contribution in [0.4, 0.5) is 0 Å². The van der Waals surface area contributed by atoms with Crippen LogP contribution in [0.25, 0.3) is 6.08 Å². The first-order chi connectivity index (χ1) is 6.50. The lowest BCUT2D eigenvalue weighted by Gasteiger charge is -1.99. The minimum atomic E-state index is 0.0797. The van der Waals surface area contributed by atoms with E-state index in [1.807, 2.05) is 18.2 Å². The average Bonchev–Trinajstić information content (AvgIpc) is 2.11. The predicted octanol–water partition coefficient (Wildman–Crippen LogP) is 4.09. The van der Waals surface area contributed by atoms with Crippen molar-refractivity contribution in [3.63, 3.8) is 0 Å². The summed E-state index contributed by atoms with van der Waals surface area (Å²) >= 11 is 9.17. The van der Waals surface area contributed by atoms with Gasteiger partial charge in [0.1, 0.15) is 0 Å². The predicted molar refractivity (Wildman–Crippen MR) is 63.5 cm³/mol. The Hall–Kier alpha value is -0.600. The quantitative estimate of drug-likeness (QED) is 0.742. The van der Waals surface area contributed by atoms with E-state index in [2.05, 4.69) is 15.9 Å². The van der Waals surface area contributed by atoms with E-state index in [0.29, 0.717) is 5.02 Å². The molecule has 0 spiro atoms. The zero-order chi connectivity index (χ0) is 10.7. The number of halogens is 2. The number of benzene rings is 1. The van der Waals surface area contributed by atoms with E-state index < -0.39 is 0 Å². The number of allylic oxidation sites excluding steroid dienone is 1. The summed E-state index contributed by atoms with van der Waals surface area (Å²) in [5.74, 6) is 0.0797. The fourth-order valence-corrected chi connectivity index (χ4v) is 1.47. The molecule has 0 fully saturated rings. The Kier molecular flexibility index (Phi) is 3.90. The largest absolute Gasteiger partial charge is 0.295 e. The molecular formula is C11H10BrClO. The van der Waals surface area contributed by atoms with Gasteiger partial charge in [-0.05, 0) is 59.1 Å². The van der Waals surface area contributed by atoms with Crippen molar-refractivity contribution in [2.45, 2.75) is 13.8 Å². The fourth-order valence-electron chi connectivity index (χ4n) is 0.954. The van der Waals surface area contributed by atoms with E-state index in [0.717, 1.165) is 15.6 Å². The molecule has 0 heterocycles. The minimum Gasteiger partial charge on any atom is -0.295 e. The molecule has 1 rings (SSSR count). The monoisotopic (exact) mass is 272 g/mol. The van der Waals surface area contributed by atoms with Crippen LogP contribution in [0.1, 0.15) is 19.4 Å². The van der Waals surface area contributed by atoms with Crippen LogP contribution in [0.15, 0.2) is 28.2 Å². The van der Waals surface area contributed by atoms with Crippen molar-refractivity contribution in [3.05, 3.63) is 38.8 Å². The average molecular weight is 274 g/mol. The molecule has 14 heavy (non-hydrogen) atoms. The van der Waals surface area contributed by atoms with Crippen molar-refractivity contribution in [2.24, 2.45) is 0 Å². The van der Waals surface area contributed by atoms with Crippen molar-refractivity contribution in [1.82, 2.24) is 0 Å². The Morgan fingerprint density at radius 2 is 2.07 bits per heavy atom. The molecule has 0 atom stereocenters. The first-order valence-corrected chi connectivity index (χ1v) is 5.32. The van der Waals surface area contributed by atoms with Crippen LogP contribution in [0.3, 0.4) is 0 Å². The van der Waals surface area contributed by atoms with E-state index >= 15 is 0 Å². The molecule has 0 amide bonds. The molecule has 1 aromatic carbocycles. The minimum absolute atomic E-state index is 0.0797. The molecule has 0 aliphatic heterocycles. The summed E-state index contributed by atoms with van der Waals surface area (Å²) in [6, 6.07) is 5.55. The second-order valence-corrected chi connectivity index (χ2v) is 4.32. The Labute approximate surface area is 96.9 Å². The van der Waals surface area contributed by atoms with Crippen LogP contribution in [-0.4, -0.2) is 5.78 Å². The van der Waals surface area contributed by atoms with Crippen LogP contribution in [-0.2, 0) is 4.79 Å². The number of ketones is 1. The van der Waals surface area contributed by atoms with Crippen molar-refractivity contribution in [3.8, 4) is 0 Å². The van der Waals surface area contributed by atoms with Crippen LogP contribution in [0.2, 0.25) is 5.02 Å². The molecule has 0 aliphatic carbocycles. The smallest absolute Gasteiger partial charge is 0.155 e. The van der Waals surface area contributed by atoms with Gasteiger partial charge in [-0.25, -0.2) is 0 Å². The third kappa shape index (κ3) is 2.96. The number of hydrogen-bond acceptors (Lipinski definition) is 1. The molecule has 0 aromatic heterocycles. The molecule has 0 aliphatic rings. The Morgan fingerprint density at radius 1 is 1.43 bits per heavy atom. The molecule has 0 saturated carbocycles. The maximum absolute atomic E-state index is 11.0. The maximum atomic E-state index is 11.0. The maximum Gasteiger partial charge on any atom is 0.155 e. The molecule has 3 heteroatoms. The Morgan fingerprint density at radius 3 is 2.57 bits per heavy atom. The molecule has 0 saturated heterocycles. The number of Topliss-reactive ketones (excluding diaryl/α,β-unsaturated/α-hetero) is 1. The van der Waals surface area contributed by atoms with Gasteiger partial charge in [0.15, 0.2) is 5.78 Å². The van der Waals surface area contributed by atoms with E-state index in [9.17, 15) is 4.79 Å². The summed E-state index contributed by atoms with van der Waals surface area (Å²) < 4.78 is 0.837. The summed E-state index contributed by atoms with van der Waals surface area (Å²) in [4.78, 5) is 11.0. The topological polar surface area (TPSA) is 17.1 Å². The van der Waals surface area contributed by atoms with E-state index in [-0.39, 0.29) is 5.78 Å². The third-order valence-corrected chi connectivity index (χ3v) is 3.10. The van der Waals surface area contributed by atoms with Gasteiger partial charge < -0.3 is 0 Å². The van der Waals surface area contributed by atoms with Gasteiger partial charge in [-0.2, -0.15) is 0 Å². The van der Waals surface area contributed by atoms with Gasteiger partial charge in [-0.3, -0.25) is 4.79 Å². The summed E-state index contributed by atoms with van der Waals surface area (Å²) in [6.07, 6.45) is 1.84. The molecule has 1 aromatic rings. The summed E-state index contributed by atoms with van der Waals surface area (Å²) in [5.41, 5.74) is 1.70. The molecule has 1 nitrogen and oxygen atoms in total. The van der Waals surface area contributed by atoms with Gasteiger partial charge >= 0.3 is 0 Å². The molecule has 0 bridgehead atoms. The number of rotatable bonds is 2. The Balaban J connectivity index is 3.04. The van der Waals surface area contributed by atoms with Crippen LogP contribution in [0, 0.1) is 0 Å². The molecular weight excluding hydrogens is 263 g/mol. The van der Waals surface area contributed by atoms with Gasteiger partial charge in [-0.1, -0.05) is 17.7 Å². The van der Waals surface area contributed by atoms with Gasteiger partial charge in [-0.15, -0.1) is 0 Å². The fraction of sp³-hybridized carbons (Fsp3) is 0.182. The lowest BCUT2D eigenvalue weighted by Crippen LogP contribution is -1.90. The third-order valence-electron chi connectivity index (χ3n) is 1.88. The normalized spacial score (nSPS) is 11.6. The zero-order valence-corrected chi connectivity index (χ0v) is 10.3. The summed E-state index contributed by atoms with van der Waals surface area (Å²) in [7, 11) is 0. The molecule has 74 valence electrons. The second kappa shape index (κ2) is 4.76. The highest BCUT2D eigenvalue weighted by Gasteiger charge is 1.99. The van der Waals surface area contributed by atoms with Gasteiger partial charge in [0.25, 0.3) is 0 Å². The standard InChI is InChI=1S/C11H10BrClO/c1-7(8(2)14)5-9-3-4-11(13)10(12)6-9/h3-6H,1-2H3/b7-5+. The van der Waals surface area contributed by atoms with E-state index in [1.54, 1.807) is 19.9 Å². The number of hydrogen-bond donors (Lipinski definition) is 0. The summed E-state index contributed by atoms with van der Waals surface area (Å²) in [6.45, 7) is 3.35. The van der Waals surface area contributed by atoms with E-state index in [4.69, 9.17) is 11.6 Å². The van der Waals surface area contributed by atoms with Crippen LogP contribution in [0.5, 0.6) is 0 Å². The van der Waals surface area contributed by atoms with Crippen molar-refractivity contribution >= 4 is 39.4 Å². The van der Waals surface area contributed by atoms with Crippen LogP contribution < -0.4 is 0 Å². The SMILES string of the molecule is CC(=O)/C(C)=C/c1ccc(Cl)c(Br)c1. The second-order valence-electron chi connectivity index (χ2n) is 3.06. The Bertz CT molecular complexity index is 396. The number of carbonyl (C=O) groups excluding carboxylic acids is 1. The first-order valence-electron chi connectivity index (χ1n) is 4.15.